The summed E-state index contributed by atoms with van der Waals surface area (Å²) in [5.74, 6) is -0.582. The van der Waals surface area contributed by atoms with Crippen LogP contribution in [0, 0.1) is 5.82 Å². The van der Waals surface area contributed by atoms with Crippen LogP contribution in [-0.4, -0.2) is 43.2 Å². The average molecular weight is 266 g/mol. The Labute approximate surface area is 112 Å². The molecule has 2 rings (SSSR count). The predicted octanol–water partition coefficient (Wildman–Crippen LogP) is 2.12. The number of nitrogens with zero attached hydrogens (tertiary/aromatic N) is 1. The van der Waals surface area contributed by atoms with Crippen molar-refractivity contribution in [3.8, 4) is 0 Å². The summed E-state index contributed by atoms with van der Waals surface area (Å²) in [7, 11) is 1.61. The number of hydrogen-bond donors (Lipinski definition) is 1. The van der Waals surface area contributed by atoms with Crippen molar-refractivity contribution in [3.05, 3.63) is 29.6 Å². The van der Waals surface area contributed by atoms with Gasteiger partial charge in [-0.2, -0.15) is 0 Å². The maximum Gasteiger partial charge on any atom is 0.256 e. The zero-order chi connectivity index (χ0) is 14.0. The summed E-state index contributed by atoms with van der Waals surface area (Å²) in [6, 6.07) is 4.53. The summed E-state index contributed by atoms with van der Waals surface area (Å²) < 4.78 is 19.3. The van der Waals surface area contributed by atoms with Crippen LogP contribution in [0.15, 0.2) is 18.2 Å². The Morgan fingerprint density at radius 3 is 2.84 bits per heavy atom. The molecule has 19 heavy (non-hydrogen) atoms. The van der Waals surface area contributed by atoms with Crippen molar-refractivity contribution in [2.75, 3.05) is 32.1 Å². The van der Waals surface area contributed by atoms with E-state index in [1.807, 2.05) is 13.8 Å². The van der Waals surface area contributed by atoms with E-state index in [1.165, 1.54) is 6.07 Å². The highest BCUT2D eigenvalue weighted by Gasteiger charge is 2.31. The second-order valence-electron chi connectivity index (χ2n) is 5.25. The monoisotopic (exact) mass is 266 g/mol. The molecule has 1 aromatic rings. The van der Waals surface area contributed by atoms with Gasteiger partial charge in [-0.25, -0.2) is 4.39 Å². The van der Waals surface area contributed by atoms with Crippen molar-refractivity contribution in [1.82, 2.24) is 4.90 Å². The lowest BCUT2D eigenvalue weighted by molar-refractivity contribution is -0.0763. The van der Waals surface area contributed by atoms with Gasteiger partial charge in [-0.05, 0) is 26.0 Å². The van der Waals surface area contributed by atoms with Crippen molar-refractivity contribution in [3.63, 3.8) is 0 Å². The van der Waals surface area contributed by atoms with Crippen molar-refractivity contribution in [1.29, 1.82) is 0 Å². The van der Waals surface area contributed by atoms with Crippen LogP contribution < -0.4 is 5.32 Å². The molecule has 5 heteroatoms. The fourth-order valence-corrected chi connectivity index (χ4v) is 2.32. The first-order chi connectivity index (χ1) is 8.94. The van der Waals surface area contributed by atoms with Crippen LogP contribution in [0.2, 0.25) is 0 Å². The summed E-state index contributed by atoms with van der Waals surface area (Å²) in [4.78, 5) is 14.2. The van der Waals surface area contributed by atoms with E-state index in [1.54, 1.807) is 24.1 Å². The first-order valence-corrected chi connectivity index (χ1v) is 6.34. The molecule has 1 N–H and O–H groups in total. The Balaban J connectivity index is 2.27. The van der Waals surface area contributed by atoms with Gasteiger partial charge in [0, 0.05) is 20.1 Å². The third kappa shape index (κ3) is 2.87. The van der Waals surface area contributed by atoms with Crippen molar-refractivity contribution in [2.24, 2.45) is 0 Å². The molecule has 1 aliphatic heterocycles. The molecule has 1 saturated heterocycles. The summed E-state index contributed by atoms with van der Waals surface area (Å²) >= 11 is 0. The number of hydrogen-bond acceptors (Lipinski definition) is 3. The van der Waals surface area contributed by atoms with E-state index >= 15 is 0 Å². The molecule has 0 aliphatic carbocycles. The van der Waals surface area contributed by atoms with E-state index in [0.717, 1.165) is 0 Å². The van der Waals surface area contributed by atoms with Crippen LogP contribution in [0.1, 0.15) is 24.2 Å². The fourth-order valence-electron chi connectivity index (χ4n) is 2.32. The molecule has 1 aliphatic rings. The molecular formula is C14H19FN2O2. The van der Waals surface area contributed by atoms with Gasteiger partial charge in [-0.15, -0.1) is 0 Å². The summed E-state index contributed by atoms with van der Waals surface area (Å²) in [5, 5.41) is 2.75. The molecule has 0 aromatic heterocycles. The molecule has 0 unspecified atom stereocenters. The van der Waals surface area contributed by atoms with Gasteiger partial charge in [-0.1, -0.05) is 6.07 Å². The largest absolute Gasteiger partial charge is 0.385 e. The molecule has 0 bridgehead atoms. The van der Waals surface area contributed by atoms with Gasteiger partial charge < -0.3 is 15.0 Å². The summed E-state index contributed by atoms with van der Waals surface area (Å²) in [6.45, 7) is 5.42. The second-order valence-corrected chi connectivity index (χ2v) is 5.25. The number of carbonyl (C=O) groups excluding carboxylic acids is 1. The highest BCUT2D eigenvalue weighted by molar-refractivity contribution is 5.99. The Morgan fingerprint density at radius 1 is 1.47 bits per heavy atom. The number of morpholine rings is 1. The normalized spacial score (nSPS) is 18.2. The smallest absolute Gasteiger partial charge is 0.256 e. The third-order valence-electron chi connectivity index (χ3n) is 3.21. The Hall–Kier alpha value is -1.62. The standard InChI is InChI=1S/C14H19FN2O2/c1-14(2)9-17(7-8-19-14)13(18)10-5-4-6-11(15)12(10)16-3/h4-6,16H,7-9H2,1-3H3. The number of anilines is 1. The number of ether oxygens (including phenoxy) is 1. The molecule has 104 valence electrons. The average Bonchev–Trinajstić information content (AvgIpc) is 2.36. The molecule has 0 saturated carbocycles. The van der Waals surface area contributed by atoms with Crippen LogP contribution in [-0.2, 0) is 4.74 Å². The first kappa shape index (κ1) is 13.8. The van der Waals surface area contributed by atoms with Gasteiger partial charge in [0.1, 0.15) is 5.82 Å². The fraction of sp³-hybridized carbons (Fsp3) is 0.500. The topological polar surface area (TPSA) is 41.6 Å². The number of amides is 1. The second kappa shape index (κ2) is 5.17. The number of benzene rings is 1. The van der Waals surface area contributed by atoms with Gasteiger partial charge >= 0.3 is 0 Å². The molecule has 0 spiro atoms. The van der Waals surface area contributed by atoms with Gasteiger partial charge in [-0.3, -0.25) is 4.79 Å². The summed E-state index contributed by atoms with van der Waals surface area (Å²) in [5.41, 5.74) is 0.248. The van der Waals surface area contributed by atoms with E-state index in [4.69, 9.17) is 4.74 Å². The molecule has 0 radical (unpaired) electrons. The van der Waals surface area contributed by atoms with Gasteiger partial charge in [0.15, 0.2) is 0 Å². The van der Waals surface area contributed by atoms with Crippen LogP contribution in [0.5, 0.6) is 0 Å². The van der Waals surface area contributed by atoms with Crippen LogP contribution >= 0.6 is 0 Å². The van der Waals surface area contributed by atoms with E-state index in [0.29, 0.717) is 25.3 Å². The number of para-hydroxylation sites is 1. The van der Waals surface area contributed by atoms with Crippen LogP contribution in [0.3, 0.4) is 0 Å². The van der Waals surface area contributed by atoms with Crippen LogP contribution in [0.4, 0.5) is 10.1 Å². The lowest BCUT2D eigenvalue weighted by atomic mass is 10.1. The van der Waals surface area contributed by atoms with Crippen molar-refractivity contribution in [2.45, 2.75) is 19.4 Å². The molecule has 0 atom stereocenters. The van der Waals surface area contributed by atoms with Gasteiger partial charge in [0.2, 0.25) is 0 Å². The molecular weight excluding hydrogens is 247 g/mol. The van der Waals surface area contributed by atoms with E-state index in [9.17, 15) is 9.18 Å². The minimum absolute atomic E-state index is 0.166. The maximum absolute atomic E-state index is 13.7. The highest BCUT2D eigenvalue weighted by atomic mass is 19.1. The Kier molecular flexibility index (Phi) is 3.75. The number of nitrogens with one attached hydrogen (secondary N) is 1. The predicted molar refractivity (Wildman–Crippen MR) is 71.9 cm³/mol. The van der Waals surface area contributed by atoms with E-state index < -0.39 is 5.82 Å². The molecule has 1 aromatic carbocycles. The lowest BCUT2D eigenvalue weighted by Gasteiger charge is -2.38. The first-order valence-electron chi connectivity index (χ1n) is 6.34. The minimum atomic E-state index is -0.416. The number of carbonyl (C=O) groups is 1. The quantitative estimate of drug-likeness (QED) is 0.891. The Morgan fingerprint density at radius 2 is 2.21 bits per heavy atom. The van der Waals surface area contributed by atoms with Crippen molar-refractivity contribution >= 4 is 11.6 Å². The van der Waals surface area contributed by atoms with E-state index in [-0.39, 0.29) is 17.2 Å². The lowest BCUT2D eigenvalue weighted by Crippen LogP contribution is -2.50. The summed E-state index contributed by atoms with van der Waals surface area (Å²) in [6.07, 6.45) is 0. The zero-order valence-corrected chi connectivity index (χ0v) is 11.5. The highest BCUT2D eigenvalue weighted by Crippen LogP contribution is 2.24. The number of halogens is 1. The third-order valence-corrected chi connectivity index (χ3v) is 3.21. The van der Waals surface area contributed by atoms with E-state index in [2.05, 4.69) is 5.32 Å². The number of rotatable bonds is 2. The molecule has 4 nitrogen and oxygen atoms in total. The molecule has 1 heterocycles. The zero-order valence-electron chi connectivity index (χ0n) is 11.5. The minimum Gasteiger partial charge on any atom is -0.385 e. The van der Waals surface area contributed by atoms with Gasteiger partial charge in [0.25, 0.3) is 5.91 Å². The van der Waals surface area contributed by atoms with Gasteiger partial charge in [0.05, 0.1) is 23.5 Å². The SMILES string of the molecule is CNc1c(F)cccc1C(=O)N1CCOC(C)(C)C1. The Bertz CT molecular complexity index is 488. The maximum atomic E-state index is 13.7. The molecule has 1 amide bonds. The molecule has 1 fully saturated rings. The van der Waals surface area contributed by atoms with Crippen molar-refractivity contribution < 1.29 is 13.9 Å². The van der Waals surface area contributed by atoms with Crippen LogP contribution in [0.25, 0.3) is 0 Å².